The van der Waals surface area contributed by atoms with Gasteiger partial charge in [0.05, 0.1) is 29.1 Å². The summed E-state index contributed by atoms with van der Waals surface area (Å²) in [5, 5.41) is 13.4. The minimum Gasteiger partial charge on any atom is -0.466 e. The lowest BCUT2D eigenvalue weighted by atomic mass is 9.68. The largest absolute Gasteiger partial charge is 0.466 e. The van der Waals surface area contributed by atoms with Crippen molar-refractivity contribution >= 4 is 30.0 Å². The maximum Gasteiger partial charge on any atom is 0.355 e. The lowest BCUT2D eigenvalue weighted by Crippen LogP contribution is -2.45. The van der Waals surface area contributed by atoms with Crippen LogP contribution in [-0.4, -0.2) is 53.6 Å². The number of piperidine rings is 1. The number of esters is 1. The van der Waals surface area contributed by atoms with E-state index < -0.39 is 22.8 Å². The van der Waals surface area contributed by atoms with Gasteiger partial charge in [-0.3, -0.25) is 10.1 Å². The molecular weight excluding hydrogens is 606 g/mol. The molecule has 46 heavy (non-hydrogen) atoms. The fourth-order valence-corrected chi connectivity index (χ4v) is 6.84. The van der Waals surface area contributed by atoms with Gasteiger partial charge in [-0.25, -0.2) is 9.59 Å². The first-order chi connectivity index (χ1) is 21.7. The summed E-state index contributed by atoms with van der Waals surface area (Å²) in [6, 6.07) is 26.9. The molecule has 5 rings (SSSR count). The molecule has 2 aliphatic heterocycles. The number of hydroxylamine groups is 2. The van der Waals surface area contributed by atoms with Crippen molar-refractivity contribution in [2.75, 3.05) is 26.7 Å². The molecule has 0 N–H and O–H groups in total. The van der Waals surface area contributed by atoms with Crippen LogP contribution in [0.25, 0.3) is 0 Å². The molecular formula is C36H40ClN3O6. The summed E-state index contributed by atoms with van der Waals surface area (Å²) in [5.74, 6) is -2.10. The molecule has 2 heterocycles. The maximum absolute atomic E-state index is 14.2. The molecule has 0 amide bonds. The van der Waals surface area contributed by atoms with E-state index in [-0.39, 0.29) is 34.7 Å². The van der Waals surface area contributed by atoms with Gasteiger partial charge in [-0.1, -0.05) is 79.7 Å². The molecule has 10 heteroatoms. The lowest BCUT2D eigenvalue weighted by molar-refractivity contribution is -0.384. The predicted octanol–water partition coefficient (Wildman–Crippen LogP) is 7.09. The van der Waals surface area contributed by atoms with E-state index in [4.69, 9.17) is 9.57 Å². The van der Waals surface area contributed by atoms with Gasteiger partial charge >= 0.3 is 11.9 Å². The Bertz CT molecular complexity index is 1590. The Hall–Kier alpha value is -4.47. The van der Waals surface area contributed by atoms with Crippen LogP contribution < -0.4 is 0 Å². The molecule has 3 aromatic carbocycles. The summed E-state index contributed by atoms with van der Waals surface area (Å²) in [5.41, 5.74) is 4.32. The minimum absolute atomic E-state index is 0. The first-order valence-electron chi connectivity index (χ1n) is 15.3. The molecule has 1 atom stereocenters. The summed E-state index contributed by atoms with van der Waals surface area (Å²) in [7, 11) is 1.29. The maximum atomic E-state index is 14.2. The molecule has 0 aromatic heterocycles. The number of benzene rings is 3. The minimum atomic E-state index is -0.907. The molecule has 0 saturated carbocycles. The quantitative estimate of drug-likeness (QED) is 0.138. The van der Waals surface area contributed by atoms with E-state index in [2.05, 4.69) is 48.5 Å². The molecule has 1 saturated heterocycles. The van der Waals surface area contributed by atoms with Gasteiger partial charge in [0.2, 0.25) is 0 Å². The zero-order valence-corrected chi connectivity index (χ0v) is 27.4. The SMILES string of the molecule is CCCN1C(C)=C(C(=O)OC)[C@@H](c2cccc([N+](=O)[O-])c2)C(C(=O)ON2CCC(c3ccccc3)(c3ccccc3)CC2)=C1C.Cl. The molecule has 9 nitrogen and oxygen atoms in total. The third kappa shape index (κ3) is 6.57. The predicted molar refractivity (Wildman–Crippen MR) is 178 cm³/mol. The van der Waals surface area contributed by atoms with E-state index in [0.29, 0.717) is 36.6 Å². The van der Waals surface area contributed by atoms with E-state index in [1.807, 2.05) is 37.8 Å². The van der Waals surface area contributed by atoms with Crippen LogP contribution in [-0.2, 0) is 24.6 Å². The average molecular weight is 646 g/mol. The summed E-state index contributed by atoms with van der Waals surface area (Å²) < 4.78 is 5.19. The van der Waals surface area contributed by atoms with Crippen LogP contribution in [0.15, 0.2) is 107 Å². The number of allylic oxidation sites excluding steroid dienone is 2. The van der Waals surface area contributed by atoms with Gasteiger partial charge in [0.1, 0.15) is 0 Å². The third-order valence-electron chi connectivity index (χ3n) is 9.09. The standard InChI is InChI=1S/C36H39N3O6.ClH/c1-5-21-38-25(2)31(34(40)44-4)33(27-13-12-18-30(24-27)39(42)43)32(26(38)3)35(41)45-37-22-19-36(20-23-37,28-14-8-6-9-15-28)29-16-10-7-11-17-29;/h6-18,24,33H,5,19-23H2,1-4H3;1H/t33-;/m1./s1. The number of non-ortho nitro benzene ring substituents is 1. The Morgan fingerprint density at radius 1 is 0.870 bits per heavy atom. The molecule has 242 valence electrons. The van der Waals surface area contributed by atoms with Gasteiger partial charge in [-0.2, -0.15) is 0 Å². The number of methoxy groups -OCH3 is 1. The van der Waals surface area contributed by atoms with Crippen molar-refractivity contribution in [1.82, 2.24) is 9.96 Å². The van der Waals surface area contributed by atoms with Crippen LogP contribution in [0.3, 0.4) is 0 Å². The molecule has 0 aliphatic carbocycles. The van der Waals surface area contributed by atoms with Gasteiger partial charge < -0.3 is 14.5 Å². The molecule has 0 radical (unpaired) electrons. The number of hydrogen-bond acceptors (Lipinski definition) is 8. The van der Waals surface area contributed by atoms with E-state index in [1.165, 1.54) is 30.4 Å². The van der Waals surface area contributed by atoms with Crippen molar-refractivity contribution < 1.29 is 24.1 Å². The monoisotopic (exact) mass is 645 g/mol. The topological polar surface area (TPSA) is 102 Å². The van der Waals surface area contributed by atoms with E-state index in [9.17, 15) is 19.7 Å². The molecule has 2 aliphatic rings. The van der Waals surface area contributed by atoms with Crippen molar-refractivity contribution in [3.63, 3.8) is 0 Å². The summed E-state index contributed by atoms with van der Waals surface area (Å²) in [6.07, 6.45) is 2.23. The first kappa shape index (κ1) is 34.4. The number of halogens is 1. The zero-order valence-electron chi connectivity index (χ0n) is 26.6. The third-order valence-corrected chi connectivity index (χ3v) is 9.09. The first-order valence-corrected chi connectivity index (χ1v) is 15.3. The number of nitro benzene ring substituents is 1. The van der Waals surface area contributed by atoms with Crippen molar-refractivity contribution in [2.24, 2.45) is 0 Å². The van der Waals surface area contributed by atoms with Crippen LogP contribution in [0.4, 0.5) is 5.69 Å². The number of ether oxygens (including phenoxy) is 1. The normalized spacial score (nSPS) is 18.1. The second-order valence-electron chi connectivity index (χ2n) is 11.5. The van der Waals surface area contributed by atoms with E-state index >= 15 is 0 Å². The van der Waals surface area contributed by atoms with Crippen LogP contribution in [0.2, 0.25) is 0 Å². The Labute approximate surface area is 276 Å². The summed E-state index contributed by atoms with van der Waals surface area (Å²) in [6.45, 7) is 7.23. The van der Waals surface area contributed by atoms with E-state index in [1.54, 1.807) is 17.2 Å². The average Bonchev–Trinajstić information content (AvgIpc) is 3.07. The van der Waals surface area contributed by atoms with Crippen molar-refractivity contribution in [1.29, 1.82) is 0 Å². The van der Waals surface area contributed by atoms with Crippen LogP contribution in [0, 0.1) is 10.1 Å². The molecule has 0 bridgehead atoms. The van der Waals surface area contributed by atoms with Gasteiger partial charge in [-0.15, -0.1) is 17.5 Å². The lowest BCUT2D eigenvalue weighted by Gasteiger charge is -2.42. The second-order valence-corrected chi connectivity index (χ2v) is 11.5. The highest BCUT2D eigenvalue weighted by atomic mass is 35.5. The Kier molecular flexibility index (Phi) is 11.0. The summed E-state index contributed by atoms with van der Waals surface area (Å²) in [4.78, 5) is 46.8. The van der Waals surface area contributed by atoms with Crippen LogP contribution in [0.1, 0.15) is 62.6 Å². The van der Waals surface area contributed by atoms with Crippen molar-refractivity contribution in [2.45, 2.75) is 51.4 Å². The molecule has 1 fully saturated rings. The molecule has 0 unspecified atom stereocenters. The molecule has 3 aromatic rings. The van der Waals surface area contributed by atoms with Gasteiger partial charge in [-0.05, 0) is 49.8 Å². The van der Waals surface area contributed by atoms with Gasteiger partial charge in [0.25, 0.3) is 5.69 Å². The van der Waals surface area contributed by atoms with Gasteiger partial charge in [0.15, 0.2) is 0 Å². The Balaban J connectivity index is 0.00000480. The number of nitrogens with zero attached hydrogens (tertiary/aromatic N) is 3. The highest BCUT2D eigenvalue weighted by Crippen LogP contribution is 2.45. The highest BCUT2D eigenvalue weighted by Gasteiger charge is 2.43. The Morgan fingerprint density at radius 2 is 1.41 bits per heavy atom. The van der Waals surface area contributed by atoms with Crippen molar-refractivity contribution in [3.05, 3.63) is 134 Å². The summed E-state index contributed by atoms with van der Waals surface area (Å²) >= 11 is 0. The highest BCUT2D eigenvalue weighted by molar-refractivity contribution is 5.99. The number of nitro groups is 1. The Morgan fingerprint density at radius 3 is 1.91 bits per heavy atom. The smallest absolute Gasteiger partial charge is 0.355 e. The fourth-order valence-electron chi connectivity index (χ4n) is 6.84. The number of carbonyl (C=O) groups is 2. The van der Waals surface area contributed by atoms with E-state index in [0.717, 1.165) is 19.3 Å². The number of carbonyl (C=O) groups excluding carboxylic acids is 2. The van der Waals surface area contributed by atoms with Crippen LogP contribution in [0.5, 0.6) is 0 Å². The zero-order chi connectivity index (χ0) is 32.1. The molecule has 0 spiro atoms. The van der Waals surface area contributed by atoms with Crippen LogP contribution >= 0.6 is 12.4 Å². The second kappa shape index (κ2) is 14.7. The van der Waals surface area contributed by atoms with Gasteiger partial charge in [0, 0.05) is 48.6 Å². The fraction of sp³-hybridized carbons (Fsp3) is 0.333. The number of hydrogen-bond donors (Lipinski definition) is 0. The van der Waals surface area contributed by atoms with Crippen molar-refractivity contribution in [3.8, 4) is 0 Å². The number of rotatable bonds is 9.